The second kappa shape index (κ2) is 9.83. The highest BCUT2D eigenvalue weighted by molar-refractivity contribution is 6.95. The van der Waals surface area contributed by atoms with Gasteiger partial charge < -0.3 is 5.32 Å². The Labute approximate surface area is 200 Å². The zero-order chi connectivity index (χ0) is 23.3. The van der Waals surface area contributed by atoms with Crippen LogP contribution in [0.4, 0.5) is 17.1 Å². The number of nitrogens with zero attached hydrogens (tertiary/aromatic N) is 4. The molecule has 4 aromatic rings. The van der Waals surface area contributed by atoms with Gasteiger partial charge in [-0.1, -0.05) is 66.7 Å². The lowest BCUT2D eigenvalue weighted by Gasteiger charge is -2.20. The monoisotopic (exact) mass is 443 g/mol. The molecule has 0 radical (unpaired) electrons. The average Bonchev–Trinajstić information content (AvgIpc) is 2.88. The van der Waals surface area contributed by atoms with Gasteiger partial charge in [0.1, 0.15) is 0 Å². The molecule has 1 aliphatic heterocycles. The number of hydrogen-bond acceptors (Lipinski definition) is 5. The van der Waals surface area contributed by atoms with Crippen LogP contribution in [0.5, 0.6) is 0 Å². The molecule has 1 aliphatic rings. The lowest BCUT2D eigenvalue weighted by atomic mass is 9.36. The second-order valence-electron chi connectivity index (χ2n) is 8.36. The van der Waals surface area contributed by atoms with E-state index in [-0.39, 0.29) is 6.71 Å². The Morgan fingerprint density at radius 3 is 2.59 bits per heavy atom. The van der Waals surface area contributed by atoms with Crippen molar-refractivity contribution in [3.8, 4) is 0 Å². The average molecular weight is 443 g/mol. The van der Waals surface area contributed by atoms with E-state index in [1.165, 1.54) is 22.0 Å². The van der Waals surface area contributed by atoms with Gasteiger partial charge in [-0.3, -0.25) is 20.0 Å². The maximum atomic E-state index is 4.63. The van der Waals surface area contributed by atoms with E-state index >= 15 is 0 Å². The summed E-state index contributed by atoms with van der Waals surface area (Å²) < 4.78 is 0. The van der Waals surface area contributed by atoms with Crippen molar-refractivity contribution in [1.29, 1.82) is 0 Å². The van der Waals surface area contributed by atoms with Crippen LogP contribution in [0.15, 0.2) is 89.6 Å². The van der Waals surface area contributed by atoms with E-state index in [4.69, 9.17) is 0 Å². The van der Waals surface area contributed by atoms with Gasteiger partial charge in [0, 0.05) is 24.8 Å². The Kier molecular flexibility index (Phi) is 6.30. The van der Waals surface area contributed by atoms with Gasteiger partial charge in [0.15, 0.2) is 0 Å². The summed E-state index contributed by atoms with van der Waals surface area (Å²) in [5, 5.41) is 3.39. The molecule has 1 N–H and O–H groups in total. The first-order valence-electron chi connectivity index (χ1n) is 11.7. The maximum absolute atomic E-state index is 4.63. The molecule has 0 amide bonds. The lowest BCUT2D eigenvalue weighted by molar-refractivity contribution is 0.923. The van der Waals surface area contributed by atoms with Gasteiger partial charge in [-0.15, -0.1) is 0 Å². The Bertz CT molecular complexity index is 1410. The predicted octanol–water partition coefficient (Wildman–Crippen LogP) is 4.11. The third-order valence-corrected chi connectivity index (χ3v) is 6.07. The highest BCUT2D eigenvalue weighted by Crippen LogP contribution is 2.25. The van der Waals surface area contributed by atoms with Gasteiger partial charge >= 0.3 is 0 Å². The highest BCUT2D eigenvalue weighted by atomic mass is 15.0. The van der Waals surface area contributed by atoms with Crippen molar-refractivity contribution in [2.75, 3.05) is 11.9 Å². The number of aryl methyl sites for hydroxylation is 1. The van der Waals surface area contributed by atoms with E-state index in [1.54, 1.807) is 24.7 Å². The van der Waals surface area contributed by atoms with Crippen molar-refractivity contribution < 1.29 is 0 Å². The van der Waals surface area contributed by atoms with Crippen LogP contribution in [0.25, 0.3) is 11.0 Å². The normalized spacial score (nSPS) is 12.5. The molecular formula is C28H26BN5. The molecular weight excluding hydrogens is 417 g/mol. The number of allylic oxidation sites excluding steroid dienone is 1. The molecule has 0 aliphatic carbocycles. The zero-order valence-electron chi connectivity index (χ0n) is 19.3. The van der Waals surface area contributed by atoms with Gasteiger partial charge in [-0.05, 0) is 42.3 Å². The minimum atomic E-state index is 0.0295. The summed E-state index contributed by atoms with van der Waals surface area (Å²) in [6.07, 6.45) is 10.9. The summed E-state index contributed by atoms with van der Waals surface area (Å²) in [6, 6.07) is 19.5. The summed E-state index contributed by atoms with van der Waals surface area (Å²) in [6.45, 7) is 6.74. The number of anilines is 1. The first-order valence-corrected chi connectivity index (χ1v) is 11.7. The number of hydrogen-bond donors (Lipinski definition) is 1. The lowest BCUT2D eigenvalue weighted by Crippen LogP contribution is -2.52. The van der Waals surface area contributed by atoms with Crippen LogP contribution in [0, 0.1) is 0 Å². The van der Waals surface area contributed by atoms with Crippen molar-refractivity contribution in [2.45, 2.75) is 19.8 Å². The van der Waals surface area contributed by atoms with Crippen LogP contribution in [-0.2, 0) is 6.42 Å². The van der Waals surface area contributed by atoms with Crippen molar-refractivity contribution in [2.24, 2.45) is 9.98 Å². The van der Waals surface area contributed by atoms with Crippen LogP contribution in [0.2, 0.25) is 0 Å². The van der Waals surface area contributed by atoms with E-state index in [1.807, 2.05) is 6.21 Å². The van der Waals surface area contributed by atoms with Crippen molar-refractivity contribution >= 4 is 63.6 Å². The molecule has 3 aromatic carbocycles. The van der Waals surface area contributed by atoms with Crippen LogP contribution >= 0.6 is 0 Å². The number of fused-ring (bicyclic) bond motifs is 2. The molecule has 166 valence electrons. The standard InChI is InChI=1S/C28H26BN5/c1-3-5-20-17-21(6-9-24(20)30-12-4-2)29(22-7-10-25-27(18-22)33-15-13-31-25)23-8-11-26-28(19-23)34-16-14-32-26/h4,6-13,15-19,32H,2-3,5,14H2,1H3. The topological polar surface area (TPSA) is 62.5 Å². The number of benzene rings is 3. The molecule has 0 saturated carbocycles. The second-order valence-corrected chi connectivity index (χ2v) is 8.36. The SMILES string of the molecule is C=CC=Nc1ccc(B(c2ccc3c(c2)N=CCN3)c2ccc3nccnc3c2)cc1CCC. The van der Waals surface area contributed by atoms with E-state index in [9.17, 15) is 0 Å². The molecule has 5 rings (SSSR count). The van der Waals surface area contributed by atoms with Crippen molar-refractivity contribution in [3.05, 3.63) is 85.2 Å². The largest absolute Gasteiger partial charge is 0.378 e. The number of aromatic nitrogens is 2. The highest BCUT2D eigenvalue weighted by Gasteiger charge is 2.24. The van der Waals surface area contributed by atoms with E-state index in [2.05, 4.69) is 93.4 Å². The summed E-state index contributed by atoms with van der Waals surface area (Å²) in [5.74, 6) is 0. The molecule has 0 spiro atoms. The summed E-state index contributed by atoms with van der Waals surface area (Å²) in [7, 11) is 0. The minimum Gasteiger partial charge on any atom is -0.378 e. The Hall–Kier alpha value is -4.06. The fourth-order valence-corrected chi connectivity index (χ4v) is 4.53. The molecule has 5 nitrogen and oxygen atoms in total. The summed E-state index contributed by atoms with van der Waals surface area (Å²) in [4.78, 5) is 18.2. The molecule has 0 fully saturated rings. The molecule has 6 heteroatoms. The van der Waals surface area contributed by atoms with Crippen molar-refractivity contribution in [1.82, 2.24) is 9.97 Å². The Morgan fingerprint density at radius 1 is 0.971 bits per heavy atom. The maximum Gasteiger partial charge on any atom is 0.241 e. The number of rotatable bonds is 7. The fraction of sp³-hybridized carbons (Fsp3) is 0.143. The molecule has 0 bridgehead atoms. The van der Waals surface area contributed by atoms with Gasteiger partial charge in [-0.2, -0.15) is 0 Å². The molecule has 0 saturated heterocycles. The smallest absolute Gasteiger partial charge is 0.241 e. The van der Waals surface area contributed by atoms with E-state index < -0.39 is 0 Å². The third-order valence-electron chi connectivity index (χ3n) is 6.07. The van der Waals surface area contributed by atoms with Crippen LogP contribution in [-0.4, -0.2) is 35.7 Å². The summed E-state index contributed by atoms with van der Waals surface area (Å²) >= 11 is 0. The van der Waals surface area contributed by atoms with Gasteiger partial charge in [0.05, 0.1) is 34.6 Å². The van der Waals surface area contributed by atoms with Gasteiger partial charge in [0.2, 0.25) is 6.71 Å². The fourth-order valence-electron chi connectivity index (χ4n) is 4.53. The molecule has 34 heavy (non-hydrogen) atoms. The van der Waals surface area contributed by atoms with Crippen LogP contribution in [0.1, 0.15) is 18.9 Å². The predicted molar refractivity (Wildman–Crippen MR) is 146 cm³/mol. The molecule has 1 aromatic heterocycles. The third kappa shape index (κ3) is 4.39. The number of nitrogens with one attached hydrogen (secondary N) is 1. The molecule has 2 heterocycles. The van der Waals surface area contributed by atoms with Crippen LogP contribution in [0.3, 0.4) is 0 Å². The molecule has 0 unspecified atom stereocenters. The molecule has 0 atom stereocenters. The minimum absolute atomic E-state index is 0.0295. The van der Waals surface area contributed by atoms with E-state index in [0.717, 1.165) is 47.5 Å². The van der Waals surface area contributed by atoms with Crippen LogP contribution < -0.4 is 21.7 Å². The first kappa shape index (κ1) is 21.8. The van der Waals surface area contributed by atoms with E-state index in [0.29, 0.717) is 0 Å². The summed E-state index contributed by atoms with van der Waals surface area (Å²) in [5.41, 5.74) is 9.63. The zero-order valence-corrected chi connectivity index (χ0v) is 19.3. The Balaban J connectivity index is 1.68. The number of aliphatic imine (C=N–C) groups is 2. The van der Waals surface area contributed by atoms with Crippen molar-refractivity contribution in [3.63, 3.8) is 0 Å². The Morgan fingerprint density at radius 2 is 1.74 bits per heavy atom. The van der Waals surface area contributed by atoms with Gasteiger partial charge in [-0.25, -0.2) is 0 Å². The first-order chi connectivity index (χ1) is 16.8. The quantitative estimate of drug-likeness (QED) is 0.345. The van der Waals surface area contributed by atoms with Gasteiger partial charge in [0.25, 0.3) is 0 Å².